The normalized spacial score (nSPS) is 32.0. The summed E-state index contributed by atoms with van der Waals surface area (Å²) in [7, 11) is 0. The Morgan fingerprint density at radius 1 is 1.04 bits per heavy atom. The molecule has 1 saturated carbocycles. The van der Waals surface area contributed by atoms with Gasteiger partial charge in [-0.25, -0.2) is 0 Å². The number of carbonyl (C=O) groups is 3. The van der Waals surface area contributed by atoms with Crippen LogP contribution >= 0.6 is 0 Å². The Morgan fingerprint density at radius 3 is 2.16 bits per heavy atom. The maximum atomic E-state index is 12.8. The van der Waals surface area contributed by atoms with Crippen LogP contribution in [0.4, 0.5) is 0 Å². The molecule has 0 spiro atoms. The maximum absolute atomic E-state index is 12.8. The van der Waals surface area contributed by atoms with E-state index in [4.69, 9.17) is 0 Å². The molecule has 3 aliphatic rings. The number of hydrogen-bond acceptors (Lipinski definition) is 3. The first kappa shape index (κ1) is 16.1. The lowest BCUT2D eigenvalue weighted by Gasteiger charge is -2.25. The van der Waals surface area contributed by atoms with Crippen molar-refractivity contribution in [3.05, 3.63) is 48.0 Å². The summed E-state index contributed by atoms with van der Waals surface area (Å²) in [5, 5.41) is 2.92. The fourth-order valence-electron chi connectivity index (χ4n) is 4.58. The van der Waals surface area contributed by atoms with Gasteiger partial charge in [0.25, 0.3) is 0 Å². The van der Waals surface area contributed by atoms with Gasteiger partial charge in [-0.15, -0.1) is 0 Å². The molecule has 130 valence electrons. The van der Waals surface area contributed by atoms with E-state index in [-0.39, 0.29) is 47.4 Å². The molecule has 1 N–H and O–H groups in total. The first-order valence-electron chi connectivity index (χ1n) is 8.89. The number of imide groups is 1. The van der Waals surface area contributed by atoms with Gasteiger partial charge in [-0.05, 0) is 37.7 Å². The third-order valence-corrected chi connectivity index (χ3v) is 5.93. The van der Waals surface area contributed by atoms with Crippen molar-refractivity contribution in [2.24, 2.45) is 23.7 Å². The summed E-state index contributed by atoms with van der Waals surface area (Å²) < 4.78 is 0. The van der Waals surface area contributed by atoms with E-state index < -0.39 is 6.04 Å². The zero-order valence-corrected chi connectivity index (χ0v) is 14.4. The fraction of sp³-hybridized carbons (Fsp3) is 0.450. The second-order valence-electron chi connectivity index (χ2n) is 7.36. The van der Waals surface area contributed by atoms with Gasteiger partial charge in [-0.3, -0.25) is 19.3 Å². The van der Waals surface area contributed by atoms with Gasteiger partial charge in [0.05, 0.1) is 17.9 Å². The zero-order valence-electron chi connectivity index (χ0n) is 14.4. The summed E-state index contributed by atoms with van der Waals surface area (Å²) in [5.41, 5.74) is 0.987. The van der Waals surface area contributed by atoms with E-state index in [1.54, 1.807) is 6.92 Å². The first-order valence-corrected chi connectivity index (χ1v) is 8.89. The molecular weight excluding hydrogens is 316 g/mol. The van der Waals surface area contributed by atoms with E-state index in [1.807, 2.05) is 37.3 Å². The van der Waals surface area contributed by atoms with Gasteiger partial charge < -0.3 is 5.32 Å². The monoisotopic (exact) mass is 338 g/mol. The second kappa shape index (κ2) is 5.83. The van der Waals surface area contributed by atoms with Crippen LogP contribution in [0, 0.1) is 23.7 Å². The number of allylic oxidation sites excluding steroid dienone is 2. The average molecular weight is 338 g/mol. The molecule has 2 aliphatic carbocycles. The molecule has 0 unspecified atom stereocenters. The van der Waals surface area contributed by atoms with Crippen molar-refractivity contribution in [3.8, 4) is 0 Å². The van der Waals surface area contributed by atoms with Crippen molar-refractivity contribution in [1.82, 2.24) is 10.2 Å². The van der Waals surface area contributed by atoms with Crippen molar-refractivity contribution >= 4 is 17.7 Å². The molecule has 1 saturated heterocycles. The molecule has 1 aromatic rings. The van der Waals surface area contributed by atoms with Gasteiger partial charge >= 0.3 is 0 Å². The Hall–Kier alpha value is -2.43. The highest BCUT2D eigenvalue weighted by atomic mass is 16.2. The number of nitrogens with one attached hydrogen (secondary N) is 1. The van der Waals surface area contributed by atoms with Crippen LogP contribution in [0.25, 0.3) is 0 Å². The standard InChI is InChI=1S/C20H22N2O3/c1-11(13-6-4-3-5-7-13)21-18(23)12(2)22-19(24)16-14-8-9-15(10-14)17(16)20(22)25/h3-9,11-12,14-17H,10H2,1-2H3,(H,21,23)/t11-,12-,14-,15-,16-,17-/m0/s1. The molecule has 5 nitrogen and oxygen atoms in total. The Bertz CT molecular complexity index is 727. The molecule has 0 aromatic heterocycles. The molecule has 1 heterocycles. The molecule has 25 heavy (non-hydrogen) atoms. The highest BCUT2D eigenvalue weighted by Gasteiger charge is 2.60. The second-order valence-corrected chi connectivity index (χ2v) is 7.36. The van der Waals surface area contributed by atoms with Crippen LogP contribution in [0.3, 0.4) is 0 Å². The van der Waals surface area contributed by atoms with E-state index in [0.717, 1.165) is 12.0 Å². The van der Waals surface area contributed by atoms with Crippen LogP contribution in [0.2, 0.25) is 0 Å². The van der Waals surface area contributed by atoms with Gasteiger partial charge in [0, 0.05) is 0 Å². The van der Waals surface area contributed by atoms with Crippen LogP contribution in [0.1, 0.15) is 31.9 Å². The predicted molar refractivity (Wildman–Crippen MR) is 92.0 cm³/mol. The molecule has 3 amide bonds. The van der Waals surface area contributed by atoms with E-state index >= 15 is 0 Å². The molecular formula is C20H22N2O3. The number of rotatable bonds is 4. The molecule has 1 aliphatic heterocycles. The van der Waals surface area contributed by atoms with Crippen molar-refractivity contribution in [2.75, 3.05) is 0 Å². The quantitative estimate of drug-likeness (QED) is 0.675. The Morgan fingerprint density at radius 2 is 1.60 bits per heavy atom. The van der Waals surface area contributed by atoms with Crippen molar-refractivity contribution in [2.45, 2.75) is 32.4 Å². The van der Waals surface area contributed by atoms with Gasteiger partial charge in [-0.1, -0.05) is 42.5 Å². The number of carbonyl (C=O) groups excluding carboxylic acids is 3. The Kier molecular flexibility index (Phi) is 3.74. The number of nitrogens with zero attached hydrogens (tertiary/aromatic N) is 1. The molecule has 6 atom stereocenters. The molecule has 0 radical (unpaired) electrons. The molecule has 1 aromatic carbocycles. The highest BCUT2D eigenvalue weighted by molar-refractivity contribution is 6.09. The topological polar surface area (TPSA) is 66.5 Å². The molecule has 2 bridgehead atoms. The smallest absolute Gasteiger partial charge is 0.243 e. The Labute approximate surface area is 147 Å². The summed E-state index contributed by atoms with van der Waals surface area (Å²) in [5.74, 6) is -0.847. The number of likely N-dealkylation sites (tertiary alicyclic amines) is 1. The third-order valence-electron chi connectivity index (χ3n) is 5.93. The summed E-state index contributed by atoms with van der Waals surface area (Å²) in [4.78, 5) is 39.4. The summed E-state index contributed by atoms with van der Waals surface area (Å²) in [6.45, 7) is 3.53. The number of fused-ring (bicyclic) bond motifs is 5. The van der Waals surface area contributed by atoms with Gasteiger partial charge in [0.2, 0.25) is 17.7 Å². The molecule has 4 rings (SSSR count). The third kappa shape index (κ3) is 2.41. The number of amides is 3. The van der Waals surface area contributed by atoms with E-state index in [2.05, 4.69) is 17.5 Å². The van der Waals surface area contributed by atoms with Crippen molar-refractivity contribution in [3.63, 3.8) is 0 Å². The van der Waals surface area contributed by atoms with E-state index in [0.29, 0.717) is 0 Å². The lowest BCUT2D eigenvalue weighted by atomic mass is 9.85. The summed E-state index contributed by atoms with van der Waals surface area (Å²) >= 11 is 0. The minimum atomic E-state index is -0.781. The van der Waals surface area contributed by atoms with Crippen LogP contribution < -0.4 is 5.32 Å². The Balaban J connectivity index is 1.48. The summed E-state index contributed by atoms with van der Waals surface area (Å²) in [6.07, 6.45) is 5.01. The number of hydrogen-bond donors (Lipinski definition) is 1. The van der Waals surface area contributed by atoms with E-state index in [1.165, 1.54) is 4.90 Å². The SMILES string of the molecule is C[C@H](NC(=O)[C@H](C)N1C(=O)[C@@H]2[C@@H](C1=O)[C@H]1C=C[C@H]2C1)c1ccccc1. The molecule has 5 heteroatoms. The van der Waals surface area contributed by atoms with Crippen LogP contribution in [0.15, 0.2) is 42.5 Å². The van der Waals surface area contributed by atoms with Gasteiger partial charge in [0.15, 0.2) is 0 Å². The van der Waals surface area contributed by atoms with Crippen molar-refractivity contribution < 1.29 is 14.4 Å². The minimum Gasteiger partial charge on any atom is -0.348 e. The van der Waals surface area contributed by atoms with E-state index in [9.17, 15) is 14.4 Å². The van der Waals surface area contributed by atoms with Crippen molar-refractivity contribution in [1.29, 1.82) is 0 Å². The number of benzene rings is 1. The lowest BCUT2D eigenvalue weighted by molar-refractivity contribution is -0.148. The summed E-state index contributed by atoms with van der Waals surface area (Å²) in [6, 6.07) is 8.67. The lowest BCUT2D eigenvalue weighted by Crippen LogP contribution is -2.49. The maximum Gasteiger partial charge on any atom is 0.243 e. The highest BCUT2D eigenvalue weighted by Crippen LogP contribution is 2.52. The average Bonchev–Trinajstić information content (AvgIpc) is 3.29. The fourth-order valence-corrected chi connectivity index (χ4v) is 4.58. The molecule has 2 fully saturated rings. The van der Waals surface area contributed by atoms with Crippen LogP contribution in [0.5, 0.6) is 0 Å². The largest absolute Gasteiger partial charge is 0.348 e. The predicted octanol–water partition coefficient (Wildman–Crippen LogP) is 2.06. The van der Waals surface area contributed by atoms with Crippen LogP contribution in [-0.4, -0.2) is 28.7 Å². The van der Waals surface area contributed by atoms with Gasteiger partial charge in [-0.2, -0.15) is 0 Å². The van der Waals surface area contributed by atoms with Crippen LogP contribution in [-0.2, 0) is 14.4 Å². The first-order chi connectivity index (χ1) is 12.0. The minimum absolute atomic E-state index is 0.162. The zero-order chi connectivity index (χ0) is 17.7. The van der Waals surface area contributed by atoms with Gasteiger partial charge in [0.1, 0.15) is 6.04 Å².